The highest BCUT2D eigenvalue weighted by molar-refractivity contribution is 9.10. The van der Waals surface area contributed by atoms with Gasteiger partial charge >= 0.3 is 0 Å². The molecule has 0 fully saturated rings. The van der Waals surface area contributed by atoms with Crippen LogP contribution in [0.15, 0.2) is 81.7 Å². The van der Waals surface area contributed by atoms with E-state index in [2.05, 4.69) is 87.4 Å². The quantitative estimate of drug-likeness (QED) is 0.0823. The second-order valence-electron chi connectivity index (χ2n) is 11.5. The van der Waals surface area contributed by atoms with E-state index in [4.69, 9.17) is 9.47 Å². The molecule has 4 aromatic rings. The number of rotatable bonds is 17. The Kier molecular flexibility index (Phi) is 14.1. The third kappa shape index (κ3) is 9.64. The van der Waals surface area contributed by atoms with Gasteiger partial charge in [0.25, 0.3) is 0 Å². The molecule has 4 aromatic carbocycles. The highest BCUT2D eigenvalue weighted by Gasteiger charge is 2.14. The summed E-state index contributed by atoms with van der Waals surface area (Å²) in [5, 5.41) is 40.4. The zero-order valence-electron chi connectivity index (χ0n) is 26.3. The SMILES string of the molecule is Cc1c(COc2ccc(CCC(CO)CO)cc2Br)cccc1-c1cccc(COc2ccc(CNC(CO)CO)cc2Br)c1C. The highest BCUT2D eigenvalue weighted by Crippen LogP contribution is 2.33. The number of aliphatic hydroxyl groups is 4. The summed E-state index contributed by atoms with van der Waals surface area (Å²) in [6.07, 6.45) is 1.50. The van der Waals surface area contributed by atoms with Gasteiger partial charge in [-0.05, 0) is 127 Å². The lowest BCUT2D eigenvalue weighted by atomic mass is 9.92. The molecule has 5 N–H and O–H groups in total. The lowest BCUT2D eigenvalue weighted by molar-refractivity contribution is 0.144. The van der Waals surface area contributed by atoms with Gasteiger partial charge < -0.3 is 35.2 Å². The summed E-state index contributed by atoms with van der Waals surface area (Å²) < 4.78 is 14.2. The Morgan fingerprint density at radius 3 is 1.63 bits per heavy atom. The number of hydrogen-bond acceptors (Lipinski definition) is 7. The molecule has 0 amide bonds. The van der Waals surface area contributed by atoms with Gasteiger partial charge in [0.1, 0.15) is 24.7 Å². The Bertz CT molecular complexity index is 1450. The van der Waals surface area contributed by atoms with Gasteiger partial charge in [-0.15, -0.1) is 0 Å². The normalized spacial score (nSPS) is 11.4. The summed E-state index contributed by atoms with van der Waals surface area (Å²) in [6, 6.07) is 24.2. The van der Waals surface area contributed by atoms with Gasteiger partial charge in [0.05, 0.1) is 28.2 Å². The van der Waals surface area contributed by atoms with E-state index in [1.807, 2.05) is 36.4 Å². The molecule has 0 saturated carbocycles. The molecule has 0 spiro atoms. The van der Waals surface area contributed by atoms with E-state index in [9.17, 15) is 20.4 Å². The number of ether oxygens (including phenoxy) is 2. The summed E-state index contributed by atoms with van der Waals surface area (Å²) in [4.78, 5) is 0. The minimum Gasteiger partial charge on any atom is -0.488 e. The van der Waals surface area contributed by atoms with Crippen LogP contribution >= 0.6 is 31.9 Å². The number of benzene rings is 4. The van der Waals surface area contributed by atoms with Crippen LogP contribution in [0.5, 0.6) is 11.5 Å². The van der Waals surface area contributed by atoms with Gasteiger partial charge in [-0.2, -0.15) is 0 Å². The summed E-state index contributed by atoms with van der Waals surface area (Å²) in [5.74, 6) is 1.40. The number of halogens is 2. The lowest BCUT2D eigenvalue weighted by Gasteiger charge is -2.18. The fourth-order valence-corrected chi connectivity index (χ4v) is 6.30. The Labute approximate surface area is 288 Å². The molecule has 0 atom stereocenters. The highest BCUT2D eigenvalue weighted by atomic mass is 79.9. The molecule has 0 aliphatic heterocycles. The van der Waals surface area contributed by atoms with E-state index in [0.29, 0.717) is 19.8 Å². The van der Waals surface area contributed by atoms with Gasteiger partial charge in [0, 0.05) is 25.7 Å². The standard InChI is InChI=1S/C37H43Br2NO6/c1-24-29(22-45-36-13-11-26(15-34(36)38)9-10-28(18-41)19-42)5-3-7-32(24)33-8-4-6-30(25(33)2)23-46-37-14-12-27(16-35(37)39)17-40-31(20-43)21-44/h3-8,11-16,28,31,40-44H,9-10,17-23H2,1-2H3. The molecule has 7 nitrogen and oxygen atoms in total. The average molecular weight is 758 g/mol. The monoisotopic (exact) mass is 755 g/mol. The number of aryl methyl sites for hydroxylation is 1. The van der Waals surface area contributed by atoms with Crippen LogP contribution in [0.25, 0.3) is 11.1 Å². The van der Waals surface area contributed by atoms with E-state index in [1.54, 1.807) is 0 Å². The molecule has 0 aromatic heterocycles. The third-order valence-electron chi connectivity index (χ3n) is 8.33. The largest absolute Gasteiger partial charge is 0.488 e. The van der Waals surface area contributed by atoms with Crippen LogP contribution in [0.3, 0.4) is 0 Å². The zero-order valence-corrected chi connectivity index (χ0v) is 29.5. The molecule has 246 valence electrons. The van der Waals surface area contributed by atoms with E-state index < -0.39 is 0 Å². The fraction of sp³-hybridized carbons (Fsp3) is 0.351. The summed E-state index contributed by atoms with van der Waals surface area (Å²) in [5.41, 5.74) is 8.95. The average Bonchev–Trinajstić information content (AvgIpc) is 3.06. The summed E-state index contributed by atoms with van der Waals surface area (Å²) in [7, 11) is 0. The predicted octanol–water partition coefficient (Wildman–Crippen LogP) is 6.63. The topological polar surface area (TPSA) is 111 Å². The Balaban J connectivity index is 1.42. The molecular weight excluding hydrogens is 714 g/mol. The zero-order chi connectivity index (χ0) is 33.1. The Morgan fingerprint density at radius 2 is 1.15 bits per heavy atom. The minimum atomic E-state index is -0.350. The van der Waals surface area contributed by atoms with Crippen molar-refractivity contribution in [2.45, 2.75) is 52.5 Å². The summed E-state index contributed by atoms with van der Waals surface area (Å²) >= 11 is 7.27. The van der Waals surface area contributed by atoms with Gasteiger partial charge in [-0.1, -0.05) is 48.5 Å². The third-order valence-corrected chi connectivity index (χ3v) is 9.57. The van der Waals surface area contributed by atoms with E-state index in [0.717, 1.165) is 77.8 Å². The first-order valence-electron chi connectivity index (χ1n) is 15.4. The fourth-order valence-electron chi connectivity index (χ4n) is 5.22. The molecular formula is C37H43Br2NO6. The van der Waals surface area contributed by atoms with Crippen molar-refractivity contribution >= 4 is 31.9 Å². The van der Waals surface area contributed by atoms with Crippen LogP contribution in [-0.4, -0.2) is 52.9 Å². The van der Waals surface area contributed by atoms with Gasteiger partial charge in [0.15, 0.2) is 0 Å². The van der Waals surface area contributed by atoms with Crippen molar-refractivity contribution in [2.24, 2.45) is 5.92 Å². The maximum absolute atomic E-state index is 9.34. The van der Waals surface area contributed by atoms with Crippen LogP contribution in [-0.2, 0) is 26.2 Å². The maximum Gasteiger partial charge on any atom is 0.134 e. The van der Waals surface area contributed by atoms with Crippen molar-refractivity contribution in [1.29, 1.82) is 0 Å². The van der Waals surface area contributed by atoms with Crippen LogP contribution in [0, 0.1) is 19.8 Å². The molecule has 0 radical (unpaired) electrons. The van der Waals surface area contributed by atoms with Crippen molar-refractivity contribution in [3.05, 3.63) is 115 Å². The van der Waals surface area contributed by atoms with Crippen molar-refractivity contribution in [3.63, 3.8) is 0 Å². The van der Waals surface area contributed by atoms with E-state index in [1.165, 1.54) is 0 Å². The number of nitrogens with one attached hydrogen (secondary N) is 1. The first kappa shape index (κ1) is 36.1. The Morgan fingerprint density at radius 1 is 0.652 bits per heavy atom. The molecule has 4 rings (SSSR count). The van der Waals surface area contributed by atoms with Crippen LogP contribution in [0.2, 0.25) is 0 Å². The van der Waals surface area contributed by atoms with Crippen LogP contribution in [0.1, 0.15) is 39.8 Å². The lowest BCUT2D eigenvalue weighted by Crippen LogP contribution is -2.35. The van der Waals surface area contributed by atoms with Crippen LogP contribution in [0.4, 0.5) is 0 Å². The van der Waals surface area contributed by atoms with Gasteiger partial charge in [-0.3, -0.25) is 0 Å². The first-order valence-corrected chi connectivity index (χ1v) is 17.0. The van der Waals surface area contributed by atoms with E-state index >= 15 is 0 Å². The number of aliphatic hydroxyl groups excluding tert-OH is 4. The molecule has 0 saturated heterocycles. The molecule has 0 heterocycles. The molecule has 46 heavy (non-hydrogen) atoms. The second kappa shape index (κ2) is 18.0. The molecule has 0 unspecified atom stereocenters. The van der Waals surface area contributed by atoms with Gasteiger partial charge in [-0.25, -0.2) is 0 Å². The number of hydrogen-bond donors (Lipinski definition) is 5. The van der Waals surface area contributed by atoms with Gasteiger partial charge in [0.2, 0.25) is 0 Å². The van der Waals surface area contributed by atoms with Crippen molar-refractivity contribution in [2.75, 3.05) is 26.4 Å². The maximum atomic E-state index is 9.34. The Hall–Kier alpha value is -2.76. The molecule has 9 heteroatoms. The predicted molar refractivity (Wildman–Crippen MR) is 189 cm³/mol. The van der Waals surface area contributed by atoms with E-state index in [-0.39, 0.29) is 38.4 Å². The van der Waals surface area contributed by atoms with Crippen molar-refractivity contribution in [1.82, 2.24) is 5.32 Å². The minimum absolute atomic E-state index is 0.0126. The van der Waals surface area contributed by atoms with Crippen LogP contribution < -0.4 is 14.8 Å². The van der Waals surface area contributed by atoms with Crippen molar-refractivity contribution < 1.29 is 29.9 Å². The molecule has 0 aliphatic carbocycles. The smallest absolute Gasteiger partial charge is 0.134 e. The summed E-state index contributed by atoms with van der Waals surface area (Å²) in [6.45, 7) is 5.36. The molecule has 0 aliphatic rings. The molecule has 0 bridgehead atoms. The van der Waals surface area contributed by atoms with Crippen molar-refractivity contribution in [3.8, 4) is 22.6 Å². The second-order valence-corrected chi connectivity index (χ2v) is 13.2. The first-order chi connectivity index (χ1) is 22.3.